The first-order chi connectivity index (χ1) is 13.4. The Kier molecular flexibility index (Phi) is 4.30. The predicted octanol–water partition coefficient (Wildman–Crippen LogP) is 3.66. The molecule has 0 radical (unpaired) electrons. The highest BCUT2D eigenvalue weighted by molar-refractivity contribution is 5.63. The molecule has 28 heavy (non-hydrogen) atoms. The first-order valence-electron chi connectivity index (χ1n) is 9.20. The summed E-state index contributed by atoms with van der Waals surface area (Å²) in [5.74, 6) is 2.15. The second-order valence-corrected chi connectivity index (χ2v) is 7.28. The van der Waals surface area contributed by atoms with E-state index < -0.39 is 0 Å². The molecular weight excluding hydrogens is 354 g/mol. The topological polar surface area (TPSA) is 66.3 Å². The van der Waals surface area contributed by atoms with Crippen LogP contribution in [0.25, 0.3) is 16.8 Å². The van der Waals surface area contributed by atoms with Crippen LogP contribution in [0.5, 0.6) is 11.6 Å². The van der Waals surface area contributed by atoms with Crippen molar-refractivity contribution in [3.8, 4) is 22.9 Å². The fraction of sp³-hybridized carbons (Fsp3) is 0.286. The first kappa shape index (κ1) is 18.0. The number of hydrogen-bond donors (Lipinski definition) is 0. The lowest BCUT2D eigenvalue weighted by molar-refractivity contribution is 0.430. The highest BCUT2D eigenvalue weighted by Crippen LogP contribution is 2.27. The van der Waals surface area contributed by atoms with Crippen LogP contribution >= 0.6 is 0 Å². The van der Waals surface area contributed by atoms with Gasteiger partial charge >= 0.3 is 0 Å². The predicted molar refractivity (Wildman–Crippen MR) is 108 cm³/mol. The third kappa shape index (κ3) is 2.89. The first-order valence-corrected chi connectivity index (χ1v) is 9.20. The van der Waals surface area contributed by atoms with Crippen molar-refractivity contribution in [2.24, 2.45) is 14.1 Å². The lowest BCUT2D eigenvalue weighted by Crippen LogP contribution is -2.20. The average Bonchev–Trinajstić information content (AvgIpc) is 3.24. The van der Waals surface area contributed by atoms with Crippen molar-refractivity contribution in [2.45, 2.75) is 26.7 Å². The molecule has 4 rings (SSSR count). The Bertz CT molecular complexity index is 1190. The van der Waals surface area contributed by atoms with Gasteiger partial charge in [-0.25, -0.2) is 4.98 Å². The molecule has 0 saturated carbocycles. The quantitative estimate of drug-likeness (QED) is 0.544. The highest BCUT2D eigenvalue weighted by Gasteiger charge is 2.15. The summed E-state index contributed by atoms with van der Waals surface area (Å²) in [7, 11) is 3.63. The molecule has 4 aromatic rings. The summed E-state index contributed by atoms with van der Waals surface area (Å²) in [6, 6.07) is 7.78. The Hall–Kier alpha value is -3.35. The zero-order valence-electron chi connectivity index (χ0n) is 16.7. The van der Waals surface area contributed by atoms with Gasteiger partial charge in [0.15, 0.2) is 0 Å². The number of aryl methyl sites for hydroxylation is 2. The number of benzene rings is 1. The minimum Gasteiger partial charge on any atom is -0.439 e. The number of imidazole rings is 1. The number of nitrogens with zero attached hydrogens (tertiary/aromatic N) is 5. The lowest BCUT2D eigenvalue weighted by Gasteiger charge is -2.13. The minimum atomic E-state index is -0.140. The van der Waals surface area contributed by atoms with Crippen molar-refractivity contribution in [1.29, 1.82) is 0 Å². The maximum Gasteiger partial charge on any atom is 0.279 e. The van der Waals surface area contributed by atoms with Crippen LogP contribution in [0.1, 0.15) is 31.2 Å². The number of rotatable bonds is 4. The summed E-state index contributed by atoms with van der Waals surface area (Å²) in [6.07, 6.45) is 5.28. The van der Waals surface area contributed by atoms with Crippen molar-refractivity contribution in [3.05, 3.63) is 64.6 Å². The third-order valence-electron chi connectivity index (χ3n) is 4.91. The standard InChI is InChI=1S/C21H23N5O2/c1-13(2)20-22-11-17-21(27)24(4)18(12-26(17)20)28-16-8-6-15(7-9-16)19-14(3)10-23-25(19)5/h6-13H,1-5H3. The van der Waals surface area contributed by atoms with E-state index in [0.717, 1.165) is 22.6 Å². The number of aromatic nitrogens is 5. The molecule has 0 spiro atoms. The normalized spacial score (nSPS) is 11.5. The molecule has 0 aliphatic heterocycles. The van der Waals surface area contributed by atoms with Crippen molar-refractivity contribution in [2.75, 3.05) is 0 Å². The van der Waals surface area contributed by atoms with Crippen molar-refractivity contribution in [3.63, 3.8) is 0 Å². The number of hydrogen-bond acceptors (Lipinski definition) is 4. The van der Waals surface area contributed by atoms with Crippen LogP contribution in [0.3, 0.4) is 0 Å². The van der Waals surface area contributed by atoms with E-state index in [-0.39, 0.29) is 11.5 Å². The van der Waals surface area contributed by atoms with E-state index in [1.165, 1.54) is 4.57 Å². The molecule has 0 aliphatic carbocycles. The molecule has 0 fully saturated rings. The van der Waals surface area contributed by atoms with Crippen molar-refractivity contribution < 1.29 is 4.74 Å². The summed E-state index contributed by atoms with van der Waals surface area (Å²) in [5, 5.41) is 4.29. The molecule has 0 aliphatic rings. The van der Waals surface area contributed by atoms with Gasteiger partial charge in [0.2, 0.25) is 5.88 Å². The average molecular weight is 377 g/mol. The second kappa shape index (κ2) is 6.67. The maximum absolute atomic E-state index is 12.7. The van der Waals surface area contributed by atoms with E-state index in [1.54, 1.807) is 13.2 Å². The number of fused-ring (bicyclic) bond motifs is 1. The van der Waals surface area contributed by atoms with Gasteiger partial charge in [-0.1, -0.05) is 13.8 Å². The van der Waals surface area contributed by atoms with E-state index in [2.05, 4.69) is 10.1 Å². The van der Waals surface area contributed by atoms with Gasteiger partial charge in [0, 0.05) is 25.6 Å². The molecule has 0 N–H and O–H groups in total. The van der Waals surface area contributed by atoms with E-state index >= 15 is 0 Å². The van der Waals surface area contributed by atoms with Crippen molar-refractivity contribution in [1.82, 2.24) is 23.7 Å². The molecule has 7 nitrogen and oxygen atoms in total. The van der Waals surface area contributed by atoms with Gasteiger partial charge in [0.25, 0.3) is 5.56 Å². The molecule has 144 valence electrons. The SMILES string of the molecule is Cc1cnn(C)c1-c1ccc(Oc2cn3c(C(C)C)ncc3c(=O)n2C)cc1. The summed E-state index contributed by atoms with van der Waals surface area (Å²) < 4.78 is 11.2. The Morgan fingerprint density at radius 1 is 1.07 bits per heavy atom. The molecule has 0 unspecified atom stereocenters. The Morgan fingerprint density at radius 3 is 2.39 bits per heavy atom. The summed E-state index contributed by atoms with van der Waals surface area (Å²) in [4.78, 5) is 17.1. The highest BCUT2D eigenvalue weighted by atomic mass is 16.5. The van der Waals surface area contributed by atoms with Crippen LogP contribution in [-0.2, 0) is 14.1 Å². The fourth-order valence-electron chi connectivity index (χ4n) is 3.42. The fourth-order valence-corrected chi connectivity index (χ4v) is 3.42. The van der Waals surface area contributed by atoms with E-state index in [0.29, 0.717) is 17.1 Å². The Balaban J connectivity index is 1.71. The molecule has 0 atom stereocenters. The largest absolute Gasteiger partial charge is 0.439 e. The van der Waals surface area contributed by atoms with Crippen LogP contribution in [0.2, 0.25) is 0 Å². The Labute approximate surface area is 162 Å². The van der Waals surface area contributed by atoms with Crippen LogP contribution in [0.4, 0.5) is 0 Å². The molecule has 0 amide bonds. The summed E-state index contributed by atoms with van der Waals surface area (Å²) in [6.45, 7) is 6.13. The van der Waals surface area contributed by atoms with Gasteiger partial charge < -0.3 is 4.74 Å². The third-order valence-corrected chi connectivity index (χ3v) is 4.91. The maximum atomic E-state index is 12.7. The molecular formula is C21H23N5O2. The van der Waals surface area contributed by atoms with Gasteiger partial charge in [0.05, 0.1) is 24.3 Å². The van der Waals surface area contributed by atoms with Crippen LogP contribution in [0, 0.1) is 6.92 Å². The summed E-state index contributed by atoms with van der Waals surface area (Å²) >= 11 is 0. The van der Waals surface area contributed by atoms with Crippen LogP contribution < -0.4 is 10.3 Å². The van der Waals surface area contributed by atoms with Gasteiger partial charge in [-0.05, 0) is 36.8 Å². The second-order valence-electron chi connectivity index (χ2n) is 7.28. The molecule has 1 aromatic carbocycles. The van der Waals surface area contributed by atoms with E-state index in [9.17, 15) is 4.79 Å². The number of ether oxygens (including phenoxy) is 1. The van der Waals surface area contributed by atoms with Crippen molar-refractivity contribution >= 4 is 5.52 Å². The van der Waals surface area contributed by atoms with Gasteiger partial charge in [-0.15, -0.1) is 0 Å². The van der Waals surface area contributed by atoms with Crippen LogP contribution in [-0.4, -0.2) is 23.7 Å². The molecule has 3 heterocycles. The Morgan fingerprint density at radius 2 is 1.79 bits per heavy atom. The zero-order valence-corrected chi connectivity index (χ0v) is 16.7. The monoisotopic (exact) mass is 377 g/mol. The van der Waals surface area contributed by atoms with Gasteiger partial charge in [-0.3, -0.25) is 18.4 Å². The minimum absolute atomic E-state index is 0.140. The molecule has 7 heteroatoms. The zero-order chi connectivity index (χ0) is 20.0. The van der Waals surface area contributed by atoms with E-state index in [4.69, 9.17) is 4.74 Å². The van der Waals surface area contributed by atoms with E-state index in [1.807, 2.05) is 73.6 Å². The summed E-state index contributed by atoms with van der Waals surface area (Å²) in [5.41, 5.74) is 3.65. The van der Waals surface area contributed by atoms with Gasteiger partial charge in [0.1, 0.15) is 17.1 Å². The molecule has 3 aromatic heterocycles. The lowest BCUT2D eigenvalue weighted by atomic mass is 10.1. The smallest absolute Gasteiger partial charge is 0.279 e. The van der Waals surface area contributed by atoms with Gasteiger partial charge in [-0.2, -0.15) is 5.10 Å². The molecule has 0 bridgehead atoms. The van der Waals surface area contributed by atoms with Crippen LogP contribution in [0.15, 0.2) is 47.7 Å². The molecule has 0 saturated heterocycles.